The maximum atomic E-state index is 6.36. The molecule has 1 aliphatic heterocycles. The van der Waals surface area contributed by atoms with Crippen molar-refractivity contribution < 1.29 is 0 Å². The molecule has 4 heteroatoms. The summed E-state index contributed by atoms with van der Waals surface area (Å²) in [6, 6.07) is 8.68. The van der Waals surface area contributed by atoms with Crippen molar-refractivity contribution in [3.05, 3.63) is 57.6 Å². The number of rotatable bonds is 1. The van der Waals surface area contributed by atoms with Crippen LogP contribution < -0.4 is 0 Å². The molecular formula is C16H15ClN2S. The second-order valence-electron chi connectivity index (χ2n) is 5.43. The predicted octanol–water partition coefficient (Wildman–Crippen LogP) is 4.35. The van der Waals surface area contributed by atoms with Crippen molar-refractivity contribution in [2.24, 2.45) is 0 Å². The zero-order valence-electron chi connectivity index (χ0n) is 11.1. The Morgan fingerprint density at radius 2 is 2.05 bits per heavy atom. The SMILES string of the molecule is Clc1nc(C2CCCc3ccccc32)nc2c1CSC2. The lowest BCUT2D eigenvalue weighted by molar-refractivity contribution is 0.588. The Morgan fingerprint density at radius 3 is 3.00 bits per heavy atom. The van der Waals surface area contributed by atoms with Crippen molar-refractivity contribution in [3.8, 4) is 0 Å². The van der Waals surface area contributed by atoms with Crippen molar-refractivity contribution in [2.75, 3.05) is 0 Å². The minimum atomic E-state index is 0.313. The summed E-state index contributed by atoms with van der Waals surface area (Å²) in [5.74, 6) is 3.16. The van der Waals surface area contributed by atoms with E-state index in [-0.39, 0.29) is 0 Å². The van der Waals surface area contributed by atoms with Gasteiger partial charge in [-0.3, -0.25) is 0 Å². The zero-order chi connectivity index (χ0) is 13.5. The molecule has 1 aliphatic carbocycles. The Labute approximate surface area is 128 Å². The van der Waals surface area contributed by atoms with Gasteiger partial charge in [0.1, 0.15) is 11.0 Å². The van der Waals surface area contributed by atoms with Crippen LogP contribution in [-0.4, -0.2) is 9.97 Å². The topological polar surface area (TPSA) is 25.8 Å². The van der Waals surface area contributed by atoms with Crippen LogP contribution in [0.25, 0.3) is 0 Å². The first-order chi connectivity index (χ1) is 9.83. The number of aryl methyl sites for hydroxylation is 1. The lowest BCUT2D eigenvalue weighted by atomic mass is 9.82. The summed E-state index contributed by atoms with van der Waals surface area (Å²) in [5, 5.41) is 0.665. The van der Waals surface area contributed by atoms with E-state index in [1.54, 1.807) is 0 Å². The molecule has 0 amide bonds. The standard InChI is InChI=1S/C16H15ClN2S/c17-15-13-8-20-9-14(13)18-16(19-15)12-7-3-5-10-4-1-2-6-11(10)12/h1-2,4,6,12H,3,5,7-9H2. The molecule has 0 saturated carbocycles. The van der Waals surface area contributed by atoms with Crippen LogP contribution in [0.4, 0.5) is 0 Å². The van der Waals surface area contributed by atoms with E-state index in [0.29, 0.717) is 11.1 Å². The molecule has 2 nitrogen and oxygen atoms in total. The molecule has 4 rings (SSSR count). The average molecular weight is 303 g/mol. The van der Waals surface area contributed by atoms with Gasteiger partial charge in [0, 0.05) is 23.0 Å². The molecule has 2 aromatic rings. The third-order valence-corrected chi connectivity index (χ3v) is 5.51. The molecule has 0 spiro atoms. The lowest BCUT2D eigenvalue weighted by Gasteiger charge is -2.24. The molecule has 0 bridgehead atoms. The first kappa shape index (κ1) is 12.7. The summed E-state index contributed by atoms with van der Waals surface area (Å²) in [6.45, 7) is 0. The molecule has 0 N–H and O–H groups in total. The molecule has 0 radical (unpaired) electrons. The van der Waals surface area contributed by atoms with Crippen molar-refractivity contribution in [3.63, 3.8) is 0 Å². The van der Waals surface area contributed by atoms with Gasteiger partial charge in [0.25, 0.3) is 0 Å². The lowest BCUT2D eigenvalue weighted by Crippen LogP contribution is -2.15. The Hall–Kier alpha value is -1.06. The van der Waals surface area contributed by atoms with Crippen molar-refractivity contribution in [1.82, 2.24) is 9.97 Å². The van der Waals surface area contributed by atoms with Crippen molar-refractivity contribution >= 4 is 23.4 Å². The fraction of sp³-hybridized carbons (Fsp3) is 0.375. The van der Waals surface area contributed by atoms with Gasteiger partial charge in [-0.05, 0) is 30.4 Å². The van der Waals surface area contributed by atoms with Gasteiger partial charge in [-0.1, -0.05) is 35.9 Å². The Kier molecular flexibility index (Phi) is 3.20. The van der Waals surface area contributed by atoms with Gasteiger partial charge in [-0.2, -0.15) is 11.8 Å². The summed E-state index contributed by atoms with van der Waals surface area (Å²) >= 11 is 8.23. The fourth-order valence-corrected chi connectivity index (χ4v) is 4.59. The van der Waals surface area contributed by atoms with Gasteiger partial charge in [-0.15, -0.1) is 0 Å². The number of hydrogen-bond donors (Lipinski definition) is 0. The molecule has 1 aromatic carbocycles. The van der Waals surface area contributed by atoms with Crippen molar-refractivity contribution in [1.29, 1.82) is 0 Å². The highest BCUT2D eigenvalue weighted by Gasteiger charge is 2.26. The minimum Gasteiger partial charge on any atom is -0.236 e. The van der Waals surface area contributed by atoms with Gasteiger partial charge >= 0.3 is 0 Å². The molecule has 1 aromatic heterocycles. The molecule has 2 aliphatic rings. The monoisotopic (exact) mass is 302 g/mol. The molecule has 1 atom stereocenters. The highest BCUT2D eigenvalue weighted by molar-refractivity contribution is 7.98. The van der Waals surface area contributed by atoms with Crippen molar-refractivity contribution in [2.45, 2.75) is 36.7 Å². The number of nitrogens with zero attached hydrogens (tertiary/aromatic N) is 2. The number of aromatic nitrogens is 2. The van der Waals surface area contributed by atoms with E-state index < -0.39 is 0 Å². The Bertz CT molecular complexity index is 672. The average Bonchev–Trinajstić information content (AvgIpc) is 2.95. The predicted molar refractivity (Wildman–Crippen MR) is 83.3 cm³/mol. The highest BCUT2D eigenvalue weighted by atomic mass is 35.5. The van der Waals surface area contributed by atoms with E-state index >= 15 is 0 Å². The van der Waals surface area contributed by atoms with Crippen LogP contribution in [0.2, 0.25) is 5.15 Å². The Balaban J connectivity index is 1.81. The van der Waals surface area contributed by atoms with Crippen LogP contribution in [0.3, 0.4) is 0 Å². The second kappa shape index (κ2) is 5.05. The normalized spacial score (nSPS) is 20.6. The summed E-state index contributed by atoms with van der Waals surface area (Å²) in [6.07, 6.45) is 3.50. The summed E-state index contributed by atoms with van der Waals surface area (Å²) in [7, 11) is 0. The van der Waals surface area contributed by atoms with E-state index in [2.05, 4.69) is 29.2 Å². The Morgan fingerprint density at radius 1 is 1.15 bits per heavy atom. The van der Waals surface area contributed by atoms with Gasteiger partial charge in [0.15, 0.2) is 0 Å². The maximum absolute atomic E-state index is 6.36. The summed E-state index contributed by atoms with van der Waals surface area (Å²) in [4.78, 5) is 9.43. The molecular weight excluding hydrogens is 288 g/mol. The third kappa shape index (κ3) is 2.04. The molecule has 0 saturated heterocycles. The quantitative estimate of drug-likeness (QED) is 0.733. The number of fused-ring (bicyclic) bond motifs is 2. The third-order valence-electron chi connectivity index (χ3n) is 4.23. The van der Waals surface area contributed by atoms with E-state index in [1.165, 1.54) is 24.0 Å². The van der Waals surface area contributed by atoms with E-state index in [0.717, 1.165) is 35.0 Å². The van der Waals surface area contributed by atoms with Crippen LogP contribution in [0.1, 0.15) is 47.0 Å². The van der Waals surface area contributed by atoms with Crippen LogP contribution in [-0.2, 0) is 17.9 Å². The molecule has 102 valence electrons. The van der Waals surface area contributed by atoms with E-state index in [9.17, 15) is 0 Å². The van der Waals surface area contributed by atoms with E-state index in [1.807, 2.05) is 11.8 Å². The zero-order valence-corrected chi connectivity index (χ0v) is 12.7. The highest BCUT2D eigenvalue weighted by Crippen LogP contribution is 2.38. The minimum absolute atomic E-state index is 0.313. The molecule has 20 heavy (non-hydrogen) atoms. The van der Waals surface area contributed by atoms with Gasteiger partial charge < -0.3 is 0 Å². The summed E-state index contributed by atoms with van der Waals surface area (Å²) in [5.41, 5.74) is 5.12. The van der Waals surface area contributed by atoms with E-state index in [4.69, 9.17) is 16.6 Å². The second-order valence-corrected chi connectivity index (χ2v) is 6.78. The van der Waals surface area contributed by atoms with Crippen LogP contribution in [0.15, 0.2) is 24.3 Å². The molecule has 2 heterocycles. The van der Waals surface area contributed by atoms with Crippen LogP contribution in [0, 0.1) is 0 Å². The summed E-state index contributed by atoms with van der Waals surface area (Å²) < 4.78 is 0. The fourth-order valence-electron chi connectivity index (χ4n) is 3.21. The first-order valence-corrected chi connectivity index (χ1v) is 8.57. The molecule has 0 fully saturated rings. The van der Waals surface area contributed by atoms with Crippen LogP contribution in [0.5, 0.6) is 0 Å². The largest absolute Gasteiger partial charge is 0.236 e. The van der Waals surface area contributed by atoms with Gasteiger partial charge in [-0.25, -0.2) is 9.97 Å². The number of benzene rings is 1. The molecule has 1 unspecified atom stereocenters. The van der Waals surface area contributed by atoms with Gasteiger partial charge in [0.05, 0.1) is 5.69 Å². The number of halogens is 1. The van der Waals surface area contributed by atoms with Gasteiger partial charge in [0.2, 0.25) is 0 Å². The number of hydrogen-bond acceptors (Lipinski definition) is 3. The van der Waals surface area contributed by atoms with Crippen LogP contribution >= 0.6 is 23.4 Å². The number of thioether (sulfide) groups is 1. The smallest absolute Gasteiger partial charge is 0.137 e. The first-order valence-electron chi connectivity index (χ1n) is 7.03. The maximum Gasteiger partial charge on any atom is 0.137 e.